The van der Waals surface area contributed by atoms with E-state index in [1.54, 1.807) is 30.3 Å². The quantitative estimate of drug-likeness (QED) is 0.759. The predicted molar refractivity (Wildman–Crippen MR) is 79.6 cm³/mol. The molecular formula is C14H24N4O2. The number of methoxy groups -OCH3 is 1. The zero-order valence-corrected chi connectivity index (χ0v) is 12.5. The molecular weight excluding hydrogens is 256 g/mol. The summed E-state index contributed by atoms with van der Waals surface area (Å²) in [6, 6.07) is 3.41. The number of hydrogen-bond donors (Lipinski definition) is 1. The molecule has 0 aromatic carbocycles. The van der Waals surface area contributed by atoms with Crippen molar-refractivity contribution in [3.63, 3.8) is 0 Å². The Morgan fingerprint density at radius 3 is 2.70 bits per heavy atom. The van der Waals surface area contributed by atoms with Crippen LogP contribution in [0.5, 0.6) is 0 Å². The summed E-state index contributed by atoms with van der Waals surface area (Å²) in [5, 5.41) is 0. The number of aromatic nitrogens is 1. The van der Waals surface area contributed by atoms with Gasteiger partial charge in [0.15, 0.2) is 5.69 Å². The van der Waals surface area contributed by atoms with Crippen molar-refractivity contribution in [2.45, 2.75) is 6.42 Å². The van der Waals surface area contributed by atoms with Crippen molar-refractivity contribution < 1.29 is 9.53 Å². The number of hydrogen-bond acceptors (Lipinski definition) is 5. The second kappa shape index (κ2) is 8.50. The van der Waals surface area contributed by atoms with Crippen molar-refractivity contribution in [2.24, 2.45) is 0 Å². The highest BCUT2D eigenvalue weighted by Crippen LogP contribution is 2.11. The average Bonchev–Trinajstić information content (AvgIpc) is 2.42. The summed E-state index contributed by atoms with van der Waals surface area (Å²) >= 11 is 0. The molecule has 0 fully saturated rings. The van der Waals surface area contributed by atoms with Gasteiger partial charge in [-0.05, 0) is 39.2 Å². The molecule has 0 aliphatic heterocycles. The lowest BCUT2D eigenvalue weighted by Gasteiger charge is -2.23. The van der Waals surface area contributed by atoms with Crippen LogP contribution in [0.25, 0.3) is 0 Å². The number of anilines is 1. The average molecular weight is 280 g/mol. The van der Waals surface area contributed by atoms with Gasteiger partial charge in [0.2, 0.25) is 0 Å². The van der Waals surface area contributed by atoms with Crippen LogP contribution in [0.4, 0.5) is 5.69 Å². The van der Waals surface area contributed by atoms with E-state index in [-0.39, 0.29) is 5.91 Å². The van der Waals surface area contributed by atoms with E-state index in [0.717, 1.165) is 13.0 Å². The molecule has 1 heterocycles. The number of nitrogen functional groups attached to an aromatic ring is 1. The van der Waals surface area contributed by atoms with Crippen molar-refractivity contribution in [2.75, 3.05) is 53.2 Å². The van der Waals surface area contributed by atoms with Gasteiger partial charge in [-0.3, -0.25) is 4.79 Å². The maximum atomic E-state index is 12.5. The van der Waals surface area contributed by atoms with E-state index in [9.17, 15) is 4.79 Å². The fourth-order valence-electron chi connectivity index (χ4n) is 1.84. The van der Waals surface area contributed by atoms with Gasteiger partial charge in [-0.15, -0.1) is 0 Å². The van der Waals surface area contributed by atoms with Gasteiger partial charge in [-0.2, -0.15) is 0 Å². The Hall–Kier alpha value is -1.66. The summed E-state index contributed by atoms with van der Waals surface area (Å²) in [4.78, 5) is 20.4. The predicted octanol–water partition coefficient (Wildman–Crippen LogP) is 0.704. The van der Waals surface area contributed by atoms with Gasteiger partial charge in [0.05, 0.1) is 12.3 Å². The van der Waals surface area contributed by atoms with Gasteiger partial charge in [0, 0.05) is 26.4 Å². The minimum Gasteiger partial charge on any atom is -0.397 e. The number of ether oxygens (including phenoxy) is 1. The molecule has 1 rings (SSSR count). The van der Waals surface area contributed by atoms with Crippen molar-refractivity contribution in [3.8, 4) is 0 Å². The van der Waals surface area contributed by atoms with E-state index in [2.05, 4.69) is 9.88 Å². The van der Waals surface area contributed by atoms with E-state index in [1.807, 2.05) is 14.1 Å². The summed E-state index contributed by atoms with van der Waals surface area (Å²) in [5.74, 6) is -0.140. The monoisotopic (exact) mass is 280 g/mol. The highest BCUT2D eigenvalue weighted by Gasteiger charge is 2.18. The summed E-state index contributed by atoms with van der Waals surface area (Å²) in [5.41, 5.74) is 6.54. The van der Waals surface area contributed by atoms with Crippen LogP contribution in [-0.4, -0.2) is 68.1 Å². The zero-order chi connectivity index (χ0) is 15.0. The minimum atomic E-state index is -0.140. The highest BCUT2D eigenvalue weighted by molar-refractivity contribution is 5.97. The number of rotatable bonds is 8. The first-order valence-corrected chi connectivity index (χ1v) is 6.69. The normalized spacial score (nSPS) is 10.8. The number of amides is 1. The number of nitrogens with two attached hydrogens (primary N) is 1. The van der Waals surface area contributed by atoms with E-state index in [4.69, 9.17) is 10.5 Å². The highest BCUT2D eigenvalue weighted by atomic mass is 16.5. The first kappa shape index (κ1) is 16.4. The first-order chi connectivity index (χ1) is 9.56. The molecule has 0 bridgehead atoms. The fraction of sp³-hybridized carbons (Fsp3) is 0.571. The maximum absolute atomic E-state index is 12.5. The lowest BCUT2D eigenvalue weighted by Crippen LogP contribution is -2.36. The molecule has 20 heavy (non-hydrogen) atoms. The number of pyridine rings is 1. The Morgan fingerprint density at radius 2 is 2.10 bits per heavy atom. The van der Waals surface area contributed by atoms with Gasteiger partial charge in [0.25, 0.3) is 5.91 Å². The summed E-state index contributed by atoms with van der Waals surface area (Å²) in [6.07, 6.45) is 2.48. The Kier molecular flexibility index (Phi) is 6.97. The molecule has 0 atom stereocenters. The maximum Gasteiger partial charge on any atom is 0.274 e. The third-order valence-electron chi connectivity index (χ3n) is 2.93. The molecule has 6 nitrogen and oxygen atoms in total. The molecule has 0 spiro atoms. The van der Waals surface area contributed by atoms with Gasteiger partial charge in [-0.1, -0.05) is 0 Å². The van der Waals surface area contributed by atoms with E-state index < -0.39 is 0 Å². The van der Waals surface area contributed by atoms with Crippen LogP contribution in [0.15, 0.2) is 18.3 Å². The summed E-state index contributed by atoms with van der Waals surface area (Å²) in [7, 11) is 5.65. The van der Waals surface area contributed by atoms with Crippen LogP contribution in [0, 0.1) is 0 Å². The number of nitrogens with zero attached hydrogens (tertiary/aromatic N) is 3. The molecule has 112 valence electrons. The standard InChI is InChI=1S/C14H24N4O2/c1-17(2)8-5-9-18(10-11-20-3)14(19)13-12(15)6-4-7-16-13/h4,6-7H,5,8-11,15H2,1-3H3. The lowest BCUT2D eigenvalue weighted by atomic mass is 10.2. The van der Waals surface area contributed by atoms with Gasteiger partial charge >= 0.3 is 0 Å². The van der Waals surface area contributed by atoms with Crippen LogP contribution in [0.3, 0.4) is 0 Å². The molecule has 0 unspecified atom stereocenters. The molecule has 0 aliphatic rings. The van der Waals surface area contributed by atoms with Crippen LogP contribution in [-0.2, 0) is 4.74 Å². The second-order valence-corrected chi connectivity index (χ2v) is 4.88. The molecule has 0 radical (unpaired) electrons. The van der Waals surface area contributed by atoms with E-state index in [0.29, 0.717) is 31.1 Å². The minimum absolute atomic E-state index is 0.140. The first-order valence-electron chi connectivity index (χ1n) is 6.69. The fourth-order valence-corrected chi connectivity index (χ4v) is 1.84. The van der Waals surface area contributed by atoms with Crippen LogP contribution in [0.1, 0.15) is 16.9 Å². The zero-order valence-electron chi connectivity index (χ0n) is 12.5. The van der Waals surface area contributed by atoms with E-state index in [1.165, 1.54) is 0 Å². The van der Waals surface area contributed by atoms with Crippen LogP contribution < -0.4 is 5.73 Å². The van der Waals surface area contributed by atoms with Crippen LogP contribution in [0.2, 0.25) is 0 Å². The van der Waals surface area contributed by atoms with Crippen molar-refractivity contribution in [1.29, 1.82) is 0 Å². The molecule has 1 aromatic rings. The Bertz CT molecular complexity index is 423. The number of carbonyl (C=O) groups excluding carboxylic acids is 1. The van der Waals surface area contributed by atoms with Crippen LogP contribution >= 0.6 is 0 Å². The molecule has 1 aromatic heterocycles. The molecule has 0 saturated carbocycles. The van der Waals surface area contributed by atoms with Gasteiger partial charge < -0.3 is 20.3 Å². The van der Waals surface area contributed by atoms with Crippen molar-refractivity contribution in [3.05, 3.63) is 24.0 Å². The van der Waals surface area contributed by atoms with Crippen molar-refractivity contribution in [1.82, 2.24) is 14.8 Å². The summed E-state index contributed by atoms with van der Waals surface area (Å²) in [6.45, 7) is 2.63. The van der Waals surface area contributed by atoms with Crippen molar-refractivity contribution >= 4 is 11.6 Å². The number of carbonyl (C=O) groups is 1. The topological polar surface area (TPSA) is 71.7 Å². The third kappa shape index (κ3) is 5.14. The largest absolute Gasteiger partial charge is 0.397 e. The SMILES string of the molecule is COCCN(CCCN(C)C)C(=O)c1ncccc1N. The Labute approximate surface area is 120 Å². The Balaban J connectivity index is 2.71. The van der Waals surface area contributed by atoms with E-state index >= 15 is 0 Å². The molecule has 0 aliphatic carbocycles. The smallest absolute Gasteiger partial charge is 0.274 e. The molecule has 2 N–H and O–H groups in total. The van der Waals surface area contributed by atoms with Gasteiger partial charge in [-0.25, -0.2) is 4.98 Å². The van der Waals surface area contributed by atoms with Gasteiger partial charge in [0.1, 0.15) is 0 Å². The molecule has 1 amide bonds. The lowest BCUT2D eigenvalue weighted by molar-refractivity contribution is 0.0684. The molecule has 6 heteroatoms. The third-order valence-corrected chi connectivity index (χ3v) is 2.93. The molecule has 0 saturated heterocycles. The Morgan fingerprint density at radius 1 is 1.35 bits per heavy atom. The second-order valence-electron chi connectivity index (χ2n) is 4.88. The summed E-state index contributed by atoms with van der Waals surface area (Å²) < 4.78 is 5.06.